The zero-order valence-corrected chi connectivity index (χ0v) is 8.55. The van der Waals surface area contributed by atoms with Gasteiger partial charge in [-0.05, 0) is 6.42 Å². The molecule has 0 spiro atoms. The average Bonchev–Trinajstić information content (AvgIpc) is 2.64. The van der Waals surface area contributed by atoms with Gasteiger partial charge in [0.05, 0.1) is 0 Å². The van der Waals surface area contributed by atoms with Gasteiger partial charge in [0.1, 0.15) is 11.1 Å². The number of nitrogens with zero attached hydrogens (tertiary/aromatic N) is 1. The minimum atomic E-state index is -4.24. The maximum atomic E-state index is 11.9. The average molecular weight is 240 g/mol. The first kappa shape index (κ1) is 12.4. The molecule has 0 aromatic carbocycles. The molecule has 0 aliphatic heterocycles. The van der Waals surface area contributed by atoms with Crippen LogP contribution in [0.1, 0.15) is 24.0 Å². The number of rotatable bonds is 4. The minimum absolute atomic E-state index is 0.301. The smallest absolute Gasteiger partial charge is 0.384 e. The highest BCUT2D eigenvalue weighted by atomic mass is 32.1. The molecule has 7 heteroatoms. The second kappa shape index (κ2) is 4.91. The summed E-state index contributed by atoms with van der Waals surface area (Å²) in [4.78, 5) is 3.79. The zero-order chi connectivity index (χ0) is 11.5. The molecule has 86 valence electrons. The SMILES string of the molecule is N[C@@H](CCC(F)(F)F)C(O)c1nccs1. The molecule has 0 radical (unpaired) electrons. The number of aromatic nitrogens is 1. The zero-order valence-electron chi connectivity index (χ0n) is 7.74. The quantitative estimate of drug-likeness (QED) is 0.844. The molecule has 1 aromatic rings. The molecule has 0 saturated carbocycles. The third kappa shape index (κ3) is 4.15. The highest BCUT2D eigenvalue weighted by Gasteiger charge is 2.30. The Morgan fingerprint density at radius 2 is 2.20 bits per heavy atom. The number of alkyl halides is 3. The topological polar surface area (TPSA) is 59.1 Å². The number of thiazole rings is 1. The monoisotopic (exact) mass is 240 g/mol. The molecule has 0 bridgehead atoms. The molecule has 3 nitrogen and oxygen atoms in total. The van der Waals surface area contributed by atoms with Crippen molar-refractivity contribution in [1.29, 1.82) is 0 Å². The van der Waals surface area contributed by atoms with Gasteiger partial charge in [-0.2, -0.15) is 13.2 Å². The molecule has 1 heterocycles. The van der Waals surface area contributed by atoms with Crippen LogP contribution in [0.3, 0.4) is 0 Å². The van der Waals surface area contributed by atoms with E-state index in [1.165, 1.54) is 17.5 Å². The number of aliphatic hydroxyl groups excluding tert-OH is 1. The van der Waals surface area contributed by atoms with Crippen LogP contribution in [-0.4, -0.2) is 22.3 Å². The number of nitrogens with two attached hydrogens (primary N) is 1. The molecule has 3 N–H and O–H groups in total. The lowest BCUT2D eigenvalue weighted by atomic mass is 10.1. The van der Waals surface area contributed by atoms with Crippen LogP contribution in [-0.2, 0) is 0 Å². The van der Waals surface area contributed by atoms with Gasteiger partial charge in [0.25, 0.3) is 0 Å². The van der Waals surface area contributed by atoms with E-state index in [1.54, 1.807) is 5.38 Å². The number of hydrogen-bond donors (Lipinski definition) is 2. The van der Waals surface area contributed by atoms with E-state index in [1.807, 2.05) is 0 Å². The Balaban J connectivity index is 2.44. The molecular formula is C8H11F3N2OS. The number of halogens is 3. The van der Waals surface area contributed by atoms with Crippen LogP contribution in [0.25, 0.3) is 0 Å². The Bertz CT molecular complexity index is 289. The van der Waals surface area contributed by atoms with Gasteiger partial charge in [0, 0.05) is 24.0 Å². The summed E-state index contributed by atoms with van der Waals surface area (Å²) in [6, 6.07) is -0.933. The normalized spacial score (nSPS) is 16.3. The van der Waals surface area contributed by atoms with Crippen molar-refractivity contribution in [3.8, 4) is 0 Å². The Hall–Kier alpha value is -0.660. The van der Waals surface area contributed by atoms with Gasteiger partial charge >= 0.3 is 6.18 Å². The van der Waals surface area contributed by atoms with Crippen LogP contribution in [0.15, 0.2) is 11.6 Å². The fraction of sp³-hybridized carbons (Fsp3) is 0.625. The molecule has 2 atom stereocenters. The van der Waals surface area contributed by atoms with E-state index in [4.69, 9.17) is 5.73 Å². The third-order valence-corrected chi connectivity index (χ3v) is 2.72. The fourth-order valence-electron chi connectivity index (χ4n) is 1.05. The molecule has 0 amide bonds. The van der Waals surface area contributed by atoms with E-state index in [2.05, 4.69) is 4.98 Å². The molecule has 0 aliphatic rings. The lowest BCUT2D eigenvalue weighted by Gasteiger charge is -2.17. The van der Waals surface area contributed by atoms with Crippen molar-refractivity contribution in [1.82, 2.24) is 4.98 Å². The van der Waals surface area contributed by atoms with Gasteiger partial charge in [-0.3, -0.25) is 0 Å². The first-order valence-corrected chi connectivity index (χ1v) is 5.18. The predicted molar refractivity (Wildman–Crippen MR) is 50.3 cm³/mol. The summed E-state index contributed by atoms with van der Waals surface area (Å²) in [5.41, 5.74) is 5.43. The summed E-state index contributed by atoms with van der Waals surface area (Å²) in [7, 11) is 0. The second-order valence-electron chi connectivity index (χ2n) is 3.13. The van der Waals surface area contributed by atoms with Crippen LogP contribution >= 0.6 is 11.3 Å². The molecule has 1 rings (SSSR count). The van der Waals surface area contributed by atoms with Gasteiger partial charge in [0.15, 0.2) is 0 Å². The predicted octanol–water partition coefficient (Wildman–Crippen LogP) is 1.85. The third-order valence-electron chi connectivity index (χ3n) is 1.87. The van der Waals surface area contributed by atoms with Crippen molar-refractivity contribution >= 4 is 11.3 Å². The summed E-state index contributed by atoms with van der Waals surface area (Å²) in [5, 5.41) is 11.5. The molecule has 1 aromatic heterocycles. The van der Waals surface area contributed by atoms with Crippen LogP contribution in [0.2, 0.25) is 0 Å². The highest BCUT2D eigenvalue weighted by Crippen LogP contribution is 2.26. The number of hydrogen-bond acceptors (Lipinski definition) is 4. The van der Waals surface area contributed by atoms with E-state index >= 15 is 0 Å². The highest BCUT2D eigenvalue weighted by molar-refractivity contribution is 7.09. The van der Waals surface area contributed by atoms with Crippen molar-refractivity contribution < 1.29 is 18.3 Å². The summed E-state index contributed by atoms with van der Waals surface area (Å²) in [6.07, 6.45) is -5.17. The first-order chi connectivity index (χ1) is 6.90. The Morgan fingerprint density at radius 1 is 1.53 bits per heavy atom. The molecule has 1 unspecified atom stereocenters. The second-order valence-corrected chi connectivity index (χ2v) is 4.06. The van der Waals surface area contributed by atoms with Gasteiger partial charge in [-0.15, -0.1) is 11.3 Å². The van der Waals surface area contributed by atoms with Crippen LogP contribution in [0, 0.1) is 0 Å². The van der Waals surface area contributed by atoms with E-state index in [0.717, 1.165) is 0 Å². The summed E-state index contributed by atoms with van der Waals surface area (Å²) >= 11 is 1.17. The van der Waals surface area contributed by atoms with Crippen molar-refractivity contribution in [2.24, 2.45) is 5.73 Å². The van der Waals surface area contributed by atoms with Crippen molar-refractivity contribution in [3.63, 3.8) is 0 Å². The summed E-state index contributed by atoms with van der Waals surface area (Å²) < 4.78 is 35.6. The lowest BCUT2D eigenvalue weighted by Crippen LogP contribution is -2.30. The minimum Gasteiger partial charge on any atom is -0.384 e. The molecule has 0 aliphatic carbocycles. The maximum absolute atomic E-state index is 11.9. The Kier molecular flexibility index (Phi) is 4.06. The standard InChI is InChI=1S/C8H11F3N2OS/c9-8(10,11)2-1-5(12)6(14)7-13-3-4-15-7/h3-6,14H,1-2,12H2/t5-,6?/m0/s1. The van der Waals surface area contributed by atoms with E-state index in [-0.39, 0.29) is 6.42 Å². The van der Waals surface area contributed by atoms with Gasteiger partial charge in [-0.25, -0.2) is 4.98 Å². The van der Waals surface area contributed by atoms with Gasteiger partial charge < -0.3 is 10.8 Å². The van der Waals surface area contributed by atoms with Crippen LogP contribution in [0.4, 0.5) is 13.2 Å². The Labute approximate surface area is 88.7 Å². The van der Waals surface area contributed by atoms with E-state index < -0.39 is 24.7 Å². The van der Waals surface area contributed by atoms with Crippen molar-refractivity contribution in [2.45, 2.75) is 31.2 Å². The first-order valence-electron chi connectivity index (χ1n) is 4.30. The van der Waals surface area contributed by atoms with Crippen molar-refractivity contribution in [3.05, 3.63) is 16.6 Å². The molecule has 0 saturated heterocycles. The molecule has 15 heavy (non-hydrogen) atoms. The van der Waals surface area contributed by atoms with Gasteiger partial charge in [0.2, 0.25) is 0 Å². The fourth-order valence-corrected chi connectivity index (χ4v) is 1.75. The number of aliphatic hydroxyl groups is 1. The van der Waals surface area contributed by atoms with E-state index in [0.29, 0.717) is 5.01 Å². The molecule has 0 fully saturated rings. The van der Waals surface area contributed by atoms with Crippen LogP contribution < -0.4 is 5.73 Å². The summed E-state index contributed by atoms with van der Waals surface area (Å²) in [6.45, 7) is 0. The Morgan fingerprint density at radius 3 is 2.67 bits per heavy atom. The van der Waals surface area contributed by atoms with E-state index in [9.17, 15) is 18.3 Å². The largest absolute Gasteiger partial charge is 0.389 e. The summed E-state index contributed by atoms with van der Waals surface area (Å²) in [5.74, 6) is 0. The lowest BCUT2D eigenvalue weighted by molar-refractivity contribution is -0.137. The van der Waals surface area contributed by atoms with Gasteiger partial charge in [-0.1, -0.05) is 0 Å². The maximum Gasteiger partial charge on any atom is 0.389 e. The van der Waals surface area contributed by atoms with Crippen LogP contribution in [0.5, 0.6) is 0 Å². The molecular weight excluding hydrogens is 229 g/mol. The van der Waals surface area contributed by atoms with Crippen molar-refractivity contribution in [2.75, 3.05) is 0 Å².